The van der Waals surface area contributed by atoms with Crippen molar-refractivity contribution in [3.05, 3.63) is 16.5 Å². The summed E-state index contributed by atoms with van der Waals surface area (Å²) in [6.07, 6.45) is 2.27. The molecule has 2 rings (SSSR count). The van der Waals surface area contributed by atoms with Gasteiger partial charge in [-0.1, -0.05) is 24.9 Å². The van der Waals surface area contributed by atoms with E-state index < -0.39 is 0 Å². The van der Waals surface area contributed by atoms with E-state index in [2.05, 4.69) is 16.9 Å². The van der Waals surface area contributed by atoms with Crippen LogP contribution in [0.2, 0.25) is 5.15 Å². The maximum Gasteiger partial charge on any atom is 0.221 e. The van der Waals surface area contributed by atoms with Crippen LogP contribution in [-0.4, -0.2) is 27.3 Å². The Labute approximate surface area is 112 Å². The zero-order valence-electron chi connectivity index (χ0n) is 11.0. The van der Waals surface area contributed by atoms with Gasteiger partial charge in [0.15, 0.2) is 0 Å². The molecule has 0 saturated heterocycles. The van der Waals surface area contributed by atoms with Crippen LogP contribution >= 0.6 is 11.6 Å². The van der Waals surface area contributed by atoms with Gasteiger partial charge in [0.1, 0.15) is 17.1 Å². The number of aliphatic hydroxyl groups is 1. The van der Waals surface area contributed by atoms with Gasteiger partial charge in [-0.3, -0.25) is 0 Å². The van der Waals surface area contributed by atoms with Crippen LogP contribution in [0.4, 0.5) is 0 Å². The van der Waals surface area contributed by atoms with Gasteiger partial charge in [-0.25, -0.2) is 4.98 Å². The molecular weight excluding hydrogens is 252 g/mol. The lowest BCUT2D eigenvalue weighted by molar-refractivity contribution is 0.122. The molecule has 0 unspecified atom stereocenters. The zero-order valence-corrected chi connectivity index (χ0v) is 11.7. The quantitative estimate of drug-likeness (QED) is 0.858. The molecule has 18 heavy (non-hydrogen) atoms. The van der Waals surface area contributed by atoms with E-state index in [0.29, 0.717) is 29.2 Å². The van der Waals surface area contributed by atoms with E-state index in [4.69, 9.17) is 16.3 Å². The van der Waals surface area contributed by atoms with Crippen LogP contribution in [-0.2, 0) is 0 Å². The van der Waals surface area contributed by atoms with Gasteiger partial charge >= 0.3 is 0 Å². The first kappa shape index (κ1) is 13.6. The van der Waals surface area contributed by atoms with Crippen molar-refractivity contribution < 1.29 is 9.84 Å². The van der Waals surface area contributed by atoms with Crippen molar-refractivity contribution in [3.8, 4) is 5.88 Å². The average Bonchev–Trinajstić information content (AvgIpc) is 2.65. The predicted molar refractivity (Wildman–Crippen MR) is 70.0 cm³/mol. The van der Waals surface area contributed by atoms with Crippen molar-refractivity contribution in [1.29, 1.82) is 0 Å². The molecule has 100 valence electrons. The van der Waals surface area contributed by atoms with Crippen molar-refractivity contribution in [1.82, 2.24) is 9.97 Å². The first-order valence-corrected chi connectivity index (χ1v) is 6.74. The van der Waals surface area contributed by atoms with Gasteiger partial charge in [0.2, 0.25) is 5.88 Å². The van der Waals surface area contributed by atoms with Gasteiger partial charge in [0.25, 0.3) is 0 Å². The molecule has 1 N–H and O–H groups in total. The number of hydrogen-bond acceptors (Lipinski definition) is 4. The molecule has 5 heteroatoms. The molecule has 1 fully saturated rings. The standard InChI is InChI=1S/C13H19ClN2O2/c1-4-9-5-10(6-11(9)17)18-13-7(2)12(14)15-8(3)16-13/h9-11,17H,4-6H2,1-3H3/t9-,10-,11+/m1/s1. The SMILES string of the molecule is CC[C@@H]1C[C@@H](Oc2nc(C)nc(Cl)c2C)C[C@@H]1O. The Morgan fingerprint density at radius 3 is 2.67 bits per heavy atom. The fraction of sp³-hybridized carbons (Fsp3) is 0.692. The third-order valence-electron chi connectivity index (χ3n) is 3.57. The lowest BCUT2D eigenvalue weighted by Gasteiger charge is -2.15. The summed E-state index contributed by atoms with van der Waals surface area (Å²) in [5, 5.41) is 10.3. The van der Waals surface area contributed by atoms with Gasteiger partial charge in [-0.05, 0) is 26.2 Å². The summed E-state index contributed by atoms with van der Waals surface area (Å²) < 4.78 is 5.87. The van der Waals surface area contributed by atoms with Gasteiger partial charge < -0.3 is 9.84 Å². The van der Waals surface area contributed by atoms with E-state index >= 15 is 0 Å². The monoisotopic (exact) mass is 270 g/mol. The van der Waals surface area contributed by atoms with Gasteiger partial charge in [0, 0.05) is 12.0 Å². The molecule has 4 nitrogen and oxygen atoms in total. The molecule has 1 aromatic rings. The molecule has 1 aromatic heterocycles. The molecule has 0 aromatic carbocycles. The van der Waals surface area contributed by atoms with E-state index in [-0.39, 0.29) is 12.2 Å². The molecule has 1 heterocycles. The maximum atomic E-state index is 9.88. The third-order valence-corrected chi connectivity index (χ3v) is 3.94. The summed E-state index contributed by atoms with van der Waals surface area (Å²) in [5.41, 5.74) is 0.761. The van der Waals surface area contributed by atoms with Gasteiger partial charge in [-0.2, -0.15) is 4.98 Å². The number of aliphatic hydroxyl groups excluding tert-OH is 1. The zero-order chi connectivity index (χ0) is 13.3. The van der Waals surface area contributed by atoms with Crippen molar-refractivity contribution in [2.75, 3.05) is 0 Å². The summed E-state index contributed by atoms with van der Waals surface area (Å²) >= 11 is 6.01. The van der Waals surface area contributed by atoms with Crippen LogP contribution in [0.3, 0.4) is 0 Å². The van der Waals surface area contributed by atoms with E-state index in [1.807, 2.05) is 6.92 Å². The fourth-order valence-corrected chi connectivity index (χ4v) is 2.63. The summed E-state index contributed by atoms with van der Waals surface area (Å²) in [6, 6.07) is 0. The Kier molecular flexibility index (Phi) is 4.07. The van der Waals surface area contributed by atoms with Crippen molar-refractivity contribution in [2.24, 2.45) is 5.92 Å². The highest BCUT2D eigenvalue weighted by atomic mass is 35.5. The lowest BCUT2D eigenvalue weighted by atomic mass is 10.0. The second-order valence-corrected chi connectivity index (χ2v) is 5.30. The lowest BCUT2D eigenvalue weighted by Crippen LogP contribution is -2.15. The number of aryl methyl sites for hydroxylation is 1. The van der Waals surface area contributed by atoms with Crippen LogP contribution in [0.25, 0.3) is 0 Å². The Morgan fingerprint density at radius 1 is 1.33 bits per heavy atom. The van der Waals surface area contributed by atoms with Crippen LogP contribution in [0, 0.1) is 19.8 Å². The molecule has 0 spiro atoms. The minimum atomic E-state index is -0.265. The molecule has 0 bridgehead atoms. The number of aromatic nitrogens is 2. The number of nitrogens with zero attached hydrogens (tertiary/aromatic N) is 2. The van der Waals surface area contributed by atoms with Crippen molar-refractivity contribution >= 4 is 11.6 Å². The highest BCUT2D eigenvalue weighted by molar-refractivity contribution is 6.30. The minimum Gasteiger partial charge on any atom is -0.474 e. The molecule has 1 aliphatic carbocycles. The second-order valence-electron chi connectivity index (χ2n) is 4.94. The van der Waals surface area contributed by atoms with E-state index in [9.17, 15) is 5.11 Å². The van der Waals surface area contributed by atoms with Gasteiger partial charge in [0.05, 0.1) is 6.10 Å². The highest BCUT2D eigenvalue weighted by Gasteiger charge is 2.33. The van der Waals surface area contributed by atoms with E-state index in [0.717, 1.165) is 18.4 Å². The predicted octanol–water partition coefficient (Wildman–Crippen LogP) is 2.68. The first-order valence-electron chi connectivity index (χ1n) is 6.36. The molecular formula is C13H19ClN2O2. The Hall–Kier alpha value is -0.870. The van der Waals surface area contributed by atoms with Gasteiger partial charge in [-0.15, -0.1) is 0 Å². The average molecular weight is 271 g/mol. The summed E-state index contributed by atoms with van der Waals surface area (Å²) in [4.78, 5) is 8.35. The van der Waals surface area contributed by atoms with E-state index in [1.165, 1.54) is 0 Å². The van der Waals surface area contributed by atoms with Crippen LogP contribution in [0.5, 0.6) is 5.88 Å². The first-order chi connectivity index (χ1) is 8.51. The minimum absolute atomic E-state index is 0.0222. The highest BCUT2D eigenvalue weighted by Crippen LogP contribution is 2.32. The van der Waals surface area contributed by atoms with Crippen molar-refractivity contribution in [2.45, 2.75) is 52.2 Å². The van der Waals surface area contributed by atoms with Crippen molar-refractivity contribution in [3.63, 3.8) is 0 Å². The maximum absolute atomic E-state index is 9.88. The summed E-state index contributed by atoms with van der Waals surface area (Å²) in [5.74, 6) is 1.47. The molecule has 1 saturated carbocycles. The Balaban J connectivity index is 2.11. The second kappa shape index (κ2) is 5.41. The summed E-state index contributed by atoms with van der Waals surface area (Å²) in [7, 11) is 0. The largest absolute Gasteiger partial charge is 0.474 e. The van der Waals surface area contributed by atoms with Crippen LogP contribution in [0.15, 0.2) is 0 Å². The normalized spacial score (nSPS) is 27.5. The third kappa shape index (κ3) is 2.75. The summed E-state index contributed by atoms with van der Waals surface area (Å²) in [6.45, 7) is 5.73. The molecule has 0 radical (unpaired) electrons. The molecule has 0 aliphatic heterocycles. The topological polar surface area (TPSA) is 55.2 Å². The van der Waals surface area contributed by atoms with E-state index in [1.54, 1.807) is 6.92 Å². The Morgan fingerprint density at radius 2 is 2.06 bits per heavy atom. The molecule has 0 amide bonds. The number of hydrogen-bond donors (Lipinski definition) is 1. The fourth-order valence-electron chi connectivity index (χ4n) is 2.43. The Bertz CT molecular complexity index is 439. The number of rotatable bonds is 3. The van der Waals surface area contributed by atoms with Crippen LogP contribution < -0.4 is 4.74 Å². The van der Waals surface area contributed by atoms with Crippen LogP contribution in [0.1, 0.15) is 37.6 Å². The number of halogens is 1. The number of ether oxygens (including phenoxy) is 1. The molecule has 1 aliphatic rings. The molecule has 3 atom stereocenters. The smallest absolute Gasteiger partial charge is 0.221 e.